The first-order chi connectivity index (χ1) is 8.31. The summed E-state index contributed by atoms with van der Waals surface area (Å²) in [5.74, 6) is 0.633. The van der Waals surface area contributed by atoms with Crippen LogP contribution in [0.4, 0.5) is 5.82 Å². The van der Waals surface area contributed by atoms with Gasteiger partial charge in [0.2, 0.25) is 0 Å². The minimum absolute atomic E-state index is 0.512. The summed E-state index contributed by atoms with van der Waals surface area (Å²) in [5, 5.41) is 3.68. The molecule has 5 heteroatoms. The number of halogens is 1. The Morgan fingerprint density at radius 1 is 1.24 bits per heavy atom. The molecular weight excluding hydrogens is 236 g/mol. The monoisotopic (exact) mass is 248 g/mol. The van der Waals surface area contributed by atoms with Gasteiger partial charge in [0, 0.05) is 13.1 Å². The van der Waals surface area contributed by atoms with E-state index in [1.807, 2.05) is 24.3 Å². The molecule has 4 nitrogen and oxygen atoms in total. The Hall–Kier alpha value is -1.65. The second-order valence-electron chi connectivity index (χ2n) is 3.55. The van der Waals surface area contributed by atoms with Gasteiger partial charge in [-0.3, -0.25) is 0 Å². The highest BCUT2D eigenvalue weighted by molar-refractivity contribution is 6.32. The van der Waals surface area contributed by atoms with E-state index in [0.717, 1.165) is 11.1 Å². The van der Waals surface area contributed by atoms with Crippen molar-refractivity contribution in [3.63, 3.8) is 0 Å². The van der Waals surface area contributed by atoms with Crippen LogP contribution in [0, 0.1) is 0 Å². The Balaban J connectivity index is 2.10. The molecule has 2 aromatic rings. The van der Waals surface area contributed by atoms with Gasteiger partial charge in [-0.15, -0.1) is 0 Å². The summed E-state index contributed by atoms with van der Waals surface area (Å²) < 4.78 is 0. The zero-order valence-electron chi connectivity index (χ0n) is 9.23. The first kappa shape index (κ1) is 11.8. The summed E-state index contributed by atoms with van der Waals surface area (Å²) in [5.41, 5.74) is 7.93. The Morgan fingerprint density at radius 2 is 2.00 bits per heavy atom. The van der Waals surface area contributed by atoms with Crippen LogP contribution in [-0.4, -0.2) is 9.97 Å². The molecule has 0 radical (unpaired) electrons. The molecule has 3 N–H and O–H groups in total. The van der Waals surface area contributed by atoms with Crippen molar-refractivity contribution in [2.24, 2.45) is 5.73 Å². The van der Waals surface area contributed by atoms with Crippen LogP contribution in [0.15, 0.2) is 36.8 Å². The molecule has 1 heterocycles. The number of rotatable bonds is 4. The molecule has 0 aliphatic carbocycles. The largest absolute Gasteiger partial charge is 0.365 e. The molecule has 0 amide bonds. The molecule has 1 aromatic heterocycles. The number of anilines is 1. The van der Waals surface area contributed by atoms with Crippen LogP contribution in [0.25, 0.3) is 0 Å². The van der Waals surface area contributed by atoms with Crippen molar-refractivity contribution >= 4 is 17.4 Å². The molecule has 1 aromatic carbocycles. The lowest BCUT2D eigenvalue weighted by atomic mass is 10.1. The molecule has 0 saturated carbocycles. The van der Waals surface area contributed by atoms with Gasteiger partial charge in [-0.05, 0) is 11.1 Å². The van der Waals surface area contributed by atoms with Crippen molar-refractivity contribution in [1.29, 1.82) is 0 Å². The van der Waals surface area contributed by atoms with Crippen molar-refractivity contribution in [1.82, 2.24) is 9.97 Å². The van der Waals surface area contributed by atoms with E-state index in [9.17, 15) is 0 Å². The minimum atomic E-state index is 0.512. The summed E-state index contributed by atoms with van der Waals surface area (Å²) in [6.07, 6.45) is 3.02. The van der Waals surface area contributed by atoms with Crippen molar-refractivity contribution in [3.8, 4) is 0 Å². The number of benzene rings is 1. The van der Waals surface area contributed by atoms with E-state index in [1.165, 1.54) is 6.33 Å². The standard InChI is InChI=1S/C12H13ClN4/c13-11-7-15-8-17-12(11)16-6-10-4-2-1-3-9(10)5-14/h1-4,7-8H,5-6,14H2,(H,15,16,17). The molecule has 0 fully saturated rings. The van der Waals surface area contributed by atoms with Crippen molar-refractivity contribution in [2.45, 2.75) is 13.1 Å². The maximum Gasteiger partial charge on any atom is 0.148 e. The lowest BCUT2D eigenvalue weighted by Gasteiger charge is -2.10. The number of nitrogens with two attached hydrogens (primary N) is 1. The topological polar surface area (TPSA) is 63.8 Å². The molecule has 0 atom stereocenters. The number of hydrogen-bond acceptors (Lipinski definition) is 4. The average molecular weight is 249 g/mol. The van der Waals surface area contributed by atoms with Gasteiger partial charge in [-0.1, -0.05) is 35.9 Å². The quantitative estimate of drug-likeness (QED) is 0.871. The molecule has 0 unspecified atom stereocenters. The van der Waals surface area contributed by atoms with Gasteiger partial charge in [0.15, 0.2) is 0 Å². The summed E-state index contributed by atoms with van der Waals surface area (Å²) in [6, 6.07) is 8.00. The fraction of sp³-hybridized carbons (Fsp3) is 0.167. The van der Waals surface area contributed by atoms with Crippen molar-refractivity contribution in [3.05, 3.63) is 52.9 Å². The Labute approximate surface area is 105 Å². The van der Waals surface area contributed by atoms with Crippen LogP contribution >= 0.6 is 11.6 Å². The number of hydrogen-bond donors (Lipinski definition) is 2. The zero-order chi connectivity index (χ0) is 12.1. The average Bonchev–Trinajstić information content (AvgIpc) is 2.38. The Kier molecular flexibility index (Phi) is 3.90. The van der Waals surface area contributed by atoms with E-state index in [0.29, 0.717) is 23.9 Å². The predicted molar refractivity (Wildman–Crippen MR) is 68.7 cm³/mol. The molecule has 2 rings (SSSR count). The van der Waals surface area contributed by atoms with Crippen LogP contribution < -0.4 is 11.1 Å². The highest BCUT2D eigenvalue weighted by Gasteiger charge is 2.03. The number of nitrogens with zero attached hydrogens (tertiary/aromatic N) is 2. The van der Waals surface area contributed by atoms with E-state index in [2.05, 4.69) is 15.3 Å². The van der Waals surface area contributed by atoms with Gasteiger partial charge in [0.25, 0.3) is 0 Å². The second kappa shape index (κ2) is 5.61. The van der Waals surface area contributed by atoms with Crippen LogP contribution in [0.3, 0.4) is 0 Å². The first-order valence-electron chi connectivity index (χ1n) is 5.27. The van der Waals surface area contributed by atoms with Crippen LogP contribution in [-0.2, 0) is 13.1 Å². The third-order valence-electron chi connectivity index (χ3n) is 2.45. The predicted octanol–water partition coefficient (Wildman–Crippen LogP) is 2.20. The van der Waals surface area contributed by atoms with Crippen molar-refractivity contribution < 1.29 is 0 Å². The summed E-state index contributed by atoms with van der Waals surface area (Å²) in [4.78, 5) is 7.89. The highest BCUT2D eigenvalue weighted by atomic mass is 35.5. The Bertz CT molecular complexity index is 501. The molecular formula is C12H13ClN4. The van der Waals surface area contributed by atoms with Gasteiger partial charge in [-0.2, -0.15) is 0 Å². The molecule has 0 spiro atoms. The highest BCUT2D eigenvalue weighted by Crippen LogP contribution is 2.17. The minimum Gasteiger partial charge on any atom is -0.365 e. The van der Waals surface area contributed by atoms with E-state index in [-0.39, 0.29) is 0 Å². The van der Waals surface area contributed by atoms with Gasteiger partial charge < -0.3 is 11.1 Å². The molecule has 17 heavy (non-hydrogen) atoms. The normalized spacial score (nSPS) is 10.2. The van der Waals surface area contributed by atoms with Crippen molar-refractivity contribution in [2.75, 3.05) is 5.32 Å². The SMILES string of the molecule is NCc1ccccc1CNc1ncncc1Cl. The zero-order valence-corrected chi connectivity index (χ0v) is 9.98. The third-order valence-corrected chi connectivity index (χ3v) is 2.73. The maximum atomic E-state index is 5.95. The molecule has 0 saturated heterocycles. The lowest BCUT2D eigenvalue weighted by Crippen LogP contribution is -2.07. The smallest absolute Gasteiger partial charge is 0.148 e. The van der Waals surface area contributed by atoms with Gasteiger partial charge >= 0.3 is 0 Å². The fourth-order valence-electron chi connectivity index (χ4n) is 1.55. The van der Waals surface area contributed by atoms with Gasteiger partial charge in [0.05, 0.1) is 6.20 Å². The number of nitrogens with one attached hydrogen (secondary N) is 1. The fourth-order valence-corrected chi connectivity index (χ4v) is 1.72. The Morgan fingerprint density at radius 3 is 2.71 bits per heavy atom. The first-order valence-corrected chi connectivity index (χ1v) is 5.65. The number of aromatic nitrogens is 2. The van der Waals surface area contributed by atoms with E-state index in [4.69, 9.17) is 17.3 Å². The van der Waals surface area contributed by atoms with Crippen LogP contribution in [0.2, 0.25) is 5.02 Å². The summed E-state index contributed by atoms with van der Waals surface area (Å²) in [7, 11) is 0. The van der Waals surface area contributed by atoms with E-state index in [1.54, 1.807) is 6.20 Å². The maximum absolute atomic E-state index is 5.95. The second-order valence-corrected chi connectivity index (χ2v) is 3.95. The molecule has 0 aliphatic heterocycles. The van der Waals surface area contributed by atoms with Crippen LogP contribution in [0.1, 0.15) is 11.1 Å². The van der Waals surface area contributed by atoms with Crippen LogP contribution in [0.5, 0.6) is 0 Å². The summed E-state index contributed by atoms with van der Waals surface area (Å²) >= 11 is 5.95. The van der Waals surface area contributed by atoms with E-state index < -0.39 is 0 Å². The van der Waals surface area contributed by atoms with E-state index >= 15 is 0 Å². The summed E-state index contributed by atoms with van der Waals surface area (Å²) in [6.45, 7) is 1.17. The molecule has 0 bridgehead atoms. The van der Waals surface area contributed by atoms with Gasteiger partial charge in [-0.25, -0.2) is 9.97 Å². The third kappa shape index (κ3) is 2.93. The van der Waals surface area contributed by atoms with Gasteiger partial charge in [0.1, 0.15) is 17.2 Å². The lowest BCUT2D eigenvalue weighted by molar-refractivity contribution is 0.998. The molecule has 88 valence electrons. The molecule has 0 aliphatic rings.